The molecule has 0 radical (unpaired) electrons. The Balaban J connectivity index is 1.02. The summed E-state index contributed by atoms with van der Waals surface area (Å²) in [7, 11) is 0. The Kier molecular flexibility index (Phi) is 6.82. The van der Waals surface area contributed by atoms with Crippen LogP contribution in [0.3, 0.4) is 0 Å². The van der Waals surface area contributed by atoms with Crippen molar-refractivity contribution in [2.45, 2.75) is 5.41 Å². The zero-order chi connectivity index (χ0) is 40.5. The van der Waals surface area contributed by atoms with Crippen molar-refractivity contribution >= 4 is 49.4 Å². The summed E-state index contributed by atoms with van der Waals surface area (Å²) in [6.45, 7) is 0. The van der Waals surface area contributed by atoms with E-state index in [1.165, 1.54) is 110 Å². The van der Waals surface area contributed by atoms with Crippen LogP contribution in [0.15, 0.2) is 224 Å². The lowest BCUT2D eigenvalue weighted by atomic mass is 9.70. The molecule has 1 nitrogen and oxygen atoms in total. The molecular formula is C61H37N. The molecule has 62 heavy (non-hydrogen) atoms. The SMILES string of the molecule is c1cc(-c2ccc3c(ccc4ccccc43)c2)cc(N(c2ccc3c(c2)C2(c4ccccc4-c4ccccc42)c2ccccc2-3)c2cc3c4c(cccc4c2)-c2ccccc2-3)c1. The largest absolute Gasteiger partial charge is 0.310 e. The topological polar surface area (TPSA) is 3.24 Å². The summed E-state index contributed by atoms with van der Waals surface area (Å²) in [4.78, 5) is 2.51. The van der Waals surface area contributed by atoms with Crippen molar-refractivity contribution < 1.29 is 0 Å². The van der Waals surface area contributed by atoms with E-state index >= 15 is 0 Å². The minimum atomic E-state index is -0.441. The number of anilines is 3. The van der Waals surface area contributed by atoms with Crippen LogP contribution in [0.5, 0.6) is 0 Å². The van der Waals surface area contributed by atoms with Gasteiger partial charge < -0.3 is 4.90 Å². The third-order valence-electron chi connectivity index (χ3n) is 14.1. The highest BCUT2D eigenvalue weighted by Gasteiger charge is 2.51. The molecule has 0 amide bonds. The first kappa shape index (κ1) is 33.8. The molecule has 0 aliphatic heterocycles. The van der Waals surface area contributed by atoms with Gasteiger partial charge in [0.25, 0.3) is 0 Å². The molecule has 0 aromatic heterocycles. The van der Waals surface area contributed by atoms with Gasteiger partial charge in [0.1, 0.15) is 0 Å². The molecule has 0 saturated carbocycles. The fourth-order valence-corrected chi connectivity index (χ4v) is 11.6. The molecule has 0 atom stereocenters. The van der Waals surface area contributed by atoms with Gasteiger partial charge in [-0.25, -0.2) is 0 Å². The smallest absolute Gasteiger partial charge is 0.0726 e. The van der Waals surface area contributed by atoms with Crippen LogP contribution in [0.2, 0.25) is 0 Å². The van der Waals surface area contributed by atoms with E-state index in [2.05, 4.69) is 229 Å². The Hall–Kier alpha value is -8.00. The molecule has 3 aliphatic rings. The first-order valence-electron chi connectivity index (χ1n) is 21.7. The lowest BCUT2D eigenvalue weighted by Crippen LogP contribution is -2.26. The third-order valence-corrected chi connectivity index (χ3v) is 14.1. The maximum Gasteiger partial charge on any atom is 0.0726 e. The van der Waals surface area contributed by atoms with Crippen molar-refractivity contribution in [2.24, 2.45) is 0 Å². The van der Waals surface area contributed by atoms with Gasteiger partial charge in [-0.3, -0.25) is 0 Å². The van der Waals surface area contributed by atoms with E-state index in [0.29, 0.717) is 0 Å². The second-order valence-electron chi connectivity index (χ2n) is 17.2. The Morgan fingerprint density at radius 2 is 0.806 bits per heavy atom. The number of fused-ring (bicyclic) bond motifs is 16. The zero-order valence-electron chi connectivity index (χ0n) is 33.8. The monoisotopic (exact) mass is 783 g/mol. The van der Waals surface area contributed by atoms with Crippen molar-refractivity contribution in [3.05, 3.63) is 247 Å². The first-order chi connectivity index (χ1) is 30.7. The maximum atomic E-state index is 2.51. The van der Waals surface area contributed by atoms with Crippen LogP contribution in [0.25, 0.3) is 88.0 Å². The quantitative estimate of drug-likeness (QED) is 0.161. The Labute approximate surface area is 360 Å². The number of benzene rings is 11. The minimum absolute atomic E-state index is 0.441. The van der Waals surface area contributed by atoms with E-state index in [9.17, 15) is 0 Å². The normalized spacial score (nSPS) is 13.3. The van der Waals surface area contributed by atoms with Gasteiger partial charge in [0.2, 0.25) is 0 Å². The fraction of sp³-hybridized carbons (Fsp3) is 0.0164. The summed E-state index contributed by atoms with van der Waals surface area (Å²) in [6.07, 6.45) is 0. The predicted molar refractivity (Wildman–Crippen MR) is 260 cm³/mol. The Morgan fingerprint density at radius 3 is 1.56 bits per heavy atom. The van der Waals surface area contributed by atoms with Crippen LogP contribution < -0.4 is 4.90 Å². The molecule has 3 aliphatic carbocycles. The van der Waals surface area contributed by atoms with E-state index in [0.717, 1.165) is 17.1 Å². The molecule has 1 spiro atoms. The molecule has 0 bridgehead atoms. The van der Waals surface area contributed by atoms with E-state index in [-0.39, 0.29) is 0 Å². The molecule has 1 heteroatoms. The van der Waals surface area contributed by atoms with Crippen molar-refractivity contribution in [1.82, 2.24) is 0 Å². The van der Waals surface area contributed by atoms with Gasteiger partial charge in [-0.05, 0) is 153 Å². The van der Waals surface area contributed by atoms with Crippen molar-refractivity contribution in [1.29, 1.82) is 0 Å². The molecule has 11 aromatic rings. The maximum absolute atomic E-state index is 2.51. The fourth-order valence-electron chi connectivity index (χ4n) is 11.6. The summed E-state index contributed by atoms with van der Waals surface area (Å²) in [5, 5.41) is 7.66. The number of hydrogen-bond acceptors (Lipinski definition) is 1. The van der Waals surface area contributed by atoms with Gasteiger partial charge in [0.05, 0.1) is 5.41 Å². The average molecular weight is 784 g/mol. The second kappa shape index (κ2) is 12.5. The summed E-state index contributed by atoms with van der Waals surface area (Å²) in [5.41, 5.74) is 21.1. The molecule has 0 N–H and O–H groups in total. The first-order valence-corrected chi connectivity index (χ1v) is 21.7. The molecule has 11 aromatic carbocycles. The van der Waals surface area contributed by atoms with Crippen LogP contribution in [-0.2, 0) is 5.41 Å². The summed E-state index contributed by atoms with van der Waals surface area (Å²) in [6, 6.07) is 84.3. The lowest BCUT2D eigenvalue weighted by molar-refractivity contribution is 0.793. The lowest BCUT2D eigenvalue weighted by Gasteiger charge is -2.32. The van der Waals surface area contributed by atoms with Crippen LogP contribution >= 0.6 is 0 Å². The van der Waals surface area contributed by atoms with E-state index in [4.69, 9.17) is 0 Å². The zero-order valence-corrected chi connectivity index (χ0v) is 33.8. The molecule has 0 fully saturated rings. The number of hydrogen-bond donors (Lipinski definition) is 0. The highest BCUT2D eigenvalue weighted by atomic mass is 15.1. The van der Waals surface area contributed by atoms with Gasteiger partial charge in [0.15, 0.2) is 0 Å². The Bertz CT molecular complexity index is 3660. The molecule has 0 heterocycles. The molecule has 0 saturated heterocycles. The molecule has 286 valence electrons. The minimum Gasteiger partial charge on any atom is -0.310 e. The molecule has 14 rings (SSSR count). The predicted octanol–water partition coefficient (Wildman–Crippen LogP) is 16.3. The highest BCUT2D eigenvalue weighted by Crippen LogP contribution is 2.63. The van der Waals surface area contributed by atoms with E-state index < -0.39 is 5.41 Å². The van der Waals surface area contributed by atoms with Crippen LogP contribution in [-0.4, -0.2) is 0 Å². The van der Waals surface area contributed by atoms with Crippen molar-refractivity contribution in [2.75, 3.05) is 4.90 Å². The Morgan fingerprint density at radius 1 is 0.258 bits per heavy atom. The van der Waals surface area contributed by atoms with E-state index in [1.54, 1.807) is 0 Å². The van der Waals surface area contributed by atoms with Gasteiger partial charge in [-0.2, -0.15) is 0 Å². The van der Waals surface area contributed by atoms with Crippen LogP contribution in [0.4, 0.5) is 17.1 Å². The average Bonchev–Trinajstić information content (AvgIpc) is 3.94. The highest BCUT2D eigenvalue weighted by molar-refractivity contribution is 6.17. The number of rotatable bonds is 4. The molecule has 0 unspecified atom stereocenters. The number of nitrogens with zero attached hydrogens (tertiary/aromatic N) is 1. The third kappa shape index (κ3) is 4.47. The molecular weight excluding hydrogens is 747 g/mol. The van der Waals surface area contributed by atoms with Crippen LogP contribution in [0.1, 0.15) is 22.3 Å². The van der Waals surface area contributed by atoms with Crippen molar-refractivity contribution in [3.63, 3.8) is 0 Å². The van der Waals surface area contributed by atoms with Gasteiger partial charge in [0, 0.05) is 17.1 Å². The standard InChI is InChI=1S/C61H37N/c1-2-17-46-38(13-1)27-28-41-33-40(29-31-47(41)46)39-14-11-16-43(34-39)62(45-35-42-15-12-23-54-48-18-3-4-19-49(48)55(36-45)60(42)54)44-30-32-53-52-22-7-10-26-58(52)61(59(53)37-44)56-24-8-5-20-50(56)51-21-6-9-25-57(51)61/h1-37H. The van der Waals surface area contributed by atoms with Gasteiger partial charge in [-0.1, -0.05) is 182 Å². The van der Waals surface area contributed by atoms with Crippen molar-refractivity contribution in [3.8, 4) is 55.6 Å². The van der Waals surface area contributed by atoms with Crippen LogP contribution in [0, 0.1) is 0 Å². The summed E-state index contributed by atoms with van der Waals surface area (Å²) in [5.74, 6) is 0. The summed E-state index contributed by atoms with van der Waals surface area (Å²) < 4.78 is 0. The van der Waals surface area contributed by atoms with E-state index in [1.807, 2.05) is 0 Å². The second-order valence-corrected chi connectivity index (χ2v) is 17.2. The van der Waals surface area contributed by atoms with Gasteiger partial charge in [-0.15, -0.1) is 0 Å². The van der Waals surface area contributed by atoms with Gasteiger partial charge >= 0.3 is 0 Å². The summed E-state index contributed by atoms with van der Waals surface area (Å²) >= 11 is 0.